The molecule has 4 N–H and O–H groups in total. The third-order valence-corrected chi connectivity index (χ3v) is 5.67. The van der Waals surface area contributed by atoms with Gasteiger partial charge in [0.25, 0.3) is 0 Å². The van der Waals surface area contributed by atoms with E-state index in [1.165, 1.54) is 0 Å². The SMILES string of the molecule is Cc1cc(Nc2cc(N3CCNCC3)nc(Cc3cccc(NC(=O)C4CC4)c3)n2)n[nH]1. The van der Waals surface area contributed by atoms with Crippen LogP contribution < -0.4 is 20.9 Å². The minimum Gasteiger partial charge on any atom is -0.354 e. The van der Waals surface area contributed by atoms with Gasteiger partial charge in [-0.3, -0.25) is 9.89 Å². The molecule has 1 aliphatic heterocycles. The zero-order valence-electron chi connectivity index (χ0n) is 18.2. The van der Waals surface area contributed by atoms with Crippen molar-refractivity contribution in [1.29, 1.82) is 0 Å². The van der Waals surface area contributed by atoms with Gasteiger partial charge in [0.1, 0.15) is 17.5 Å². The molecule has 0 bridgehead atoms. The molecule has 32 heavy (non-hydrogen) atoms. The molecule has 5 rings (SSSR count). The lowest BCUT2D eigenvalue weighted by Crippen LogP contribution is -2.44. The van der Waals surface area contributed by atoms with Crippen molar-refractivity contribution >= 4 is 29.0 Å². The van der Waals surface area contributed by atoms with Crippen molar-refractivity contribution < 1.29 is 4.79 Å². The van der Waals surface area contributed by atoms with Gasteiger partial charge in [0, 0.05) is 62.0 Å². The fourth-order valence-corrected chi connectivity index (χ4v) is 3.83. The summed E-state index contributed by atoms with van der Waals surface area (Å²) in [4.78, 5) is 24.0. The van der Waals surface area contributed by atoms with E-state index in [0.29, 0.717) is 12.2 Å². The van der Waals surface area contributed by atoms with Crippen LogP contribution in [0.4, 0.5) is 23.1 Å². The Hall–Kier alpha value is -3.46. The van der Waals surface area contributed by atoms with Crippen LogP contribution in [0.5, 0.6) is 0 Å². The highest BCUT2D eigenvalue weighted by Gasteiger charge is 2.29. The molecule has 1 saturated heterocycles. The van der Waals surface area contributed by atoms with Crippen LogP contribution in [-0.2, 0) is 11.2 Å². The third kappa shape index (κ3) is 5.05. The Morgan fingerprint density at radius 2 is 1.97 bits per heavy atom. The van der Waals surface area contributed by atoms with E-state index in [9.17, 15) is 4.79 Å². The Morgan fingerprint density at radius 1 is 1.12 bits per heavy atom. The molecular formula is C23H28N8O. The number of nitrogens with one attached hydrogen (secondary N) is 4. The van der Waals surface area contributed by atoms with E-state index >= 15 is 0 Å². The summed E-state index contributed by atoms with van der Waals surface area (Å²) in [5.74, 6) is 3.36. The zero-order valence-corrected chi connectivity index (χ0v) is 18.2. The molecule has 3 aromatic rings. The molecule has 1 amide bonds. The largest absolute Gasteiger partial charge is 0.354 e. The molecular weight excluding hydrogens is 404 g/mol. The van der Waals surface area contributed by atoms with Gasteiger partial charge in [-0.25, -0.2) is 9.97 Å². The fraction of sp³-hybridized carbons (Fsp3) is 0.391. The smallest absolute Gasteiger partial charge is 0.227 e. The topological polar surface area (TPSA) is 111 Å². The standard InChI is InChI=1S/C23H28N8O/c1-15-11-21(30-29-15)27-20-14-22(31-9-7-24-8-10-31)28-19(26-20)13-16-3-2-4-18(12-16)25-23(32)17-5-6-17/h2-4,11-12,14,17,24H,5-10,13H2,1H3,(H,25,32)(H2,26,27,28,29,30). The van der Waals surface area contributed by atoms with Crippen LogP contribution in [0.2, 0.25) is 0 Å². The molecule has 166 valence electrons. The average molecular weight is 433 g/mol. The number of hydrogen-bond acceptors (Lipinski definition) is 7. The number of carbonyl (C=O) groups is 1. The van der Waals surface area contributed by atoms with Gasteiger partial charge < -0.3 is 20.9 Å². The molecule has 0 spiro atoms. The number of hydrogen-bond donors (Lipinski definition) is 4. The predicted molar refractivity (Wildman–Crippen MR) is 124 cm³/mol. The van der Waals surface area contributed by atoms with Gasteiger partial charge in [0.15, 0.2) is 5.82 Å². The lowest BCUT2D eigenvalue weighted by molar-refractivity contribution is -0.117. The fourth-order valence-electron chi connectivity index (χ4n) is 3.83. The number of aromatic amines is 1. The van der Waals surface area contributed by atoms with Gasteiger partial charge >= 0.3 is 0 Å². The molecule has 2 aliphatic rings. The van der Waals surface area contributed by atoms with E-state index in [-0.39, 0.29) is 11.8 Å². The Balaban J connectivity index is 1.39. The number of H-pyrrole nitrogens is 1. The van der Waals surface area contributed by atoms with Gasteiger partial charge in [-0.15, -0.1) is 0 Å². The van der Waals surface area contributed by atoms with E-state index in [0.717, 1.165) is 73.4 Å². The monoisotopic (exact) mass is 432 g/mol. The molecule has 9 heteroatoms. The molecule has 1 saturated carbocycles. The van der Waals surface area contributed by atoms with Crippen LogP contribution in [0.15, 0.2) is 36.4 Å². The van der Waals surface area contributed by atoms with E-state index in [2.05, 4.69) is 31.0 Å². The van der Waals surface area contributed by atoms with Crippen molar-refractivity contribution in [2.75, 3.05) is 41.7 Å². The molecule has 9 nitrogen and oxygen atoms in total. The minimum atomic E-state index is 0.111. The maximum absolute atomic E-state index is 12.1. The highest BCUT2D eigenvalue weighted by atomic mass is 16.2. The summed E-state index contributed by atoms with van der Waals surface area (Å²) in [6.45, 7) is 5.64. The first kappa shape index (κ1) is 20.4. The van der Waals surface area contributed by atoms with Crippen LogP contribution in [0.25, 0.3) is 0 Å². The molecule has 2 fully saturated rings. The molecule has 0 radical (unpaired) electrons. The van der Waals surface area contributed by atoms with Crippen LogP contribution in [0.1, 0.15) is 29.9 Å². The number of aryl methyl sites for hydroxylation is 1. The Bertz CT molecular complexity index is 1100. The van der Waals surface area contributed by atoms with Crippen molar-refractivity contribution in [1.82, 2.24) is 25.5 Å². The van der Waals surface area contributed by atoms with Crippen molar-refractivity contribution in [2.24, 2.45) is 5.92 Å². The average Bonchev–Trinajstić information content (AvgIpc) is 3.57. The summed E-state index contributed by atoms with van der Waals surface area (Å²) in [6.07, 6.45) is 2.55. The lowest BCUT2D eigenvalue weighted by Gasteiger charge is -2.28. The first-order valence-corrected chi connectivity index (χ1v) is 11.1. The van der Waals surface area contributed by atoms with Gasteiger partial charge in [0.05, 0.1) is 0 Å². The molecule has 3 heterocycles. The Kier molecular flexibility index (Phi) is 5.72. The number of benzene rings is 1. The summed E-state index contributed by atoms with van der Waals surface area (Å²) in [6, 6.07) is 11.9. The highest BCUT2D eigenvalue weighted by molar-refractivity contribution is 5.94. The summed E-state index contributed by atoms with van der Waals surface area (Å²) in [5.41, 5.74) is 2.86. The summed E-state index contributed by atoms with van der Waals surface area (Å²) in [5, 5.41) is 16.9. The number of amides is 1. The molecule has 1 aromatic carbocycles. The second kappa shape index (κ2) is 8.96. The number of nitrogens with zero attached hydrogens (tertiary/aromatic N) is 4. The second-order valence-electron chi connectivity index (χ2n) is 8.47. The quantitative estimate of drug-likeness (QED) is 0.454. The van der Waals surface area contributed by atoms with Crippen molar-refractivity contribution in [3.63, 3.8) is 0 Å². The van der Waals surface area contributed by atoms with Crippen LogP contribution in [-0.4, -0.2) is 52.3 Å². The molecule has 0 atom stereocenters. The van der Waals surface area contributed by atoms with Crippen LogP contribution >= 0.6 is 0 Å². The second-order valence-corrected chi connectivity index (χ2v) is 8.47. The van der Waals surface area contributed by atoms with E-state index in [1.54, 1.807) is 0 Å². The molecule has 1 aliphatic carbocycles. The Morgan fingerprint density at radius 3 is 2.72 bits per heavy atom. The molecule has 2 aromatic heterocycles. The zero-order chi connectivity index (χ0) is 21.9. The van der Waals surface area contributed by atoms with Gasteiger partial charge in [0.2, 0.25) is 5.91 Å². The third-order valence-electron chi connectivity index (χ3n) is 5.67. The maximum atomic E-state index is 12.1. The number of aromatic nitrogens is 4. The number of rotatable bonds is 7. The van der Waals surface area contributed by atoms with Gasteiger partial charge in [-0.1, -0.05) is 12.1 Å². The van der Waals surface area contributed by atoms with Crippen LogP contribution in [0, 0.1) is 12.8 Å². The van der Waals surface area contributed by atoms with Crippen molar-refractivity contribution in [3.05, 3.63) is 53.5 Å². The van der Waals surface area contributed by atoms with E-state index in [4.69, 9.17) is 9.97 Å². The van der Waals surface area contributed by atoms with Crippen LogP contribution in [0.3, 0.4) is 0 Å². The van der Waals surface area contributed by atoms with Crippen molar-refractivity contribution in [2.45, 2.75) is 26.2 Å². The normalized spacial score (nSPS) is 16.1. The highest BCUT2D eigenvalue weighted by Crippen LogP contribution is 2.30. The first-order valence-electron chi connectivity index (χ1n) is 11.1. The number of piperazine rings is 1. The predicted octanol–water partition coefficient (Wildman–Crippen LogP) is 2.60. The van der Waals surface area contributed by atoms with Gasteiger partial charge in [-0.2, -0.15) is 5.10 Å². The first-order chi connectivity index (χ1) is 15.6. The van der Waals surface area contributed by atoms with E-state index in [1.807, 2.05) is 43.3 Å². The maximum Gasteiger partial charge on any atom is 0.227 e. The number of anilines is 4. The summed E-state index contributed by atoms with van der Waals surface area (Å²) >= 11 is 0. The summed E-state index contributed by atoms with van der Waals surface area (Å²) in [7, 11) is 0. The number of carbonyl (C=O) groups excluding carboxylic acids is 1. The Labute approximate surface area is 187 Å². The van der Waals surface area contributed by atoms with Gasteiger partial charge in [-0.05, 0) is 37.5 Å². The van der Waals surface area contributed by atoms with Crippen molar-refractivity contribution in [3.8, 4) is 0 Å². The molecule has 0 unspecified atom stereocenters. The van der Waals surface area contributed by atoms with E-state index < -0.39 is 0 Å². The lowest BCUT2D eigenvalue weighted by atomic mass is 10.1. The summed E-state index contributed by atoms with van der Waals surface area (Å²) < 4.78 is 0. The minimum absolute atomic E-state index is 0.111.